The molecule has 0 atom stereocenters. The fourth-order valence-corrected chi connectivity index (χ4v) is 1.19. The number of carbonyl (C=O) groups excluding carboxylic acids is 1. The number of rotatable bonds is 3. The Hall–Kier alpha value is -1.09. The highest BCUT2D eigenvalue weighted by molar-refractivity contribution is 9.10. The molecule has 0 unspecified atom stereocenters. The predicted octanol–water partition coefficient (Wildman–Crippen LogP) is 2.71. The quantitative estimate of drug-likeness (QED) is 0.610. The van der Waals surface area contributed by atoms with E-state index in [0.717, 1.165) is 4.47 Å². The van der Waals surface area contributed by atoms with Gasteiger partial charge in [0.25, 0.3) is 0 Å². The topological polar surface area (TPSA) is 20.3 Å². The molecule has 0 aromatic heterocycles. The molecule has 0 heterocycles. The van der Waals surface area contributed by atoms with Crippen molar-refractivity contribution in [1.82, 2.24) is 4.90 Å². The molecule has 1 aromatic rings. The lowest BCUT2D eigenvalue weighted by atomic mass is 10.1. The number of hydrogen-bond donors (Lipinski definition) is 0. The molecule has 0 fully saturated rings. The molecule has 0 amide bonds. The van der Waals surface area contributed by atoms with E-state index in [4.69, 9.17) is 0 Å². The zero-order valence-corrected chi connectivity index (χ0v) is 9.78. The second-order valence-corrected chi connectivity index (χ2v) is 4.07. The summed E-state index contributed by atoms with van der Waals surface area (Å²) in [7, 11) is 3.76. The van der Waals surface area contributed by atoms with Crippen molar-refractivity contribution in [3.63, 3.8) is 0 Å². The van der Waals surface area contributed by atoms with Crippen LogP contribution in [0.4, 0.5) is 0 Å². The molecular weight excluding hydrogens is 242 g/mol. The second-order valence-electron chi connectivity index (χ2n) is 3.15. The lowest BCUT2D eigenvalue weighted by Gasteiger charge is -2.02. The molecule has 1 aromatic carbocycles. The van der Waals surface area contributed by atoms with Gasteiger partial charge in [-0.05, 0) is 24.3 Å². The normalized spacial score (nSPS) is 10.5. The standard InChI is InChI=1S/C11H12BrNO/c1-13(2)8-7-11(14)9-3-5-10(12)6-4-9/h3-8H,1-2H3/b8-7+. The summed E-state index contributed by atoms with van der Waals surface area (Å²) in [4.78, 5) is 13.4. The third-order valence-electron chi connectivity index (χ3n) is 1.65. The molecule has 1 rings (SSSR count). The van der Waals surface area contributed by atoms with Crippen molar-refractivity contribution in [3.8, 4) is 0 Å². The molecule has 0 radical (unpaired) electrons. The Morgan fingerprint density at radius 2 is 1.86 bits per heavy atom. The van der Waals surface area contributed by atoms with Gasteiger partial charge in [-0.15, -0.1) is 0 Å². The summed E-state index contributed by atoms with van der Waals surface area (Å²) in [6.07, 6.45) is 3.30. The largest absolute Gasteiger partial charge is 0.383 e. The highest BCUT2D eigenvalue weighted by atomic mass is 79.9. The van der Waals surface area contributed by atoms with Crippen molar-refractivity contribution >= 4 is 21.7 Å². The number of benzene rings is 1. The van der Waals surface area contributed by atoms with E-state index in [1.54, 1.807) is 24.4 Å². The van der Waals surface area contributed by atoms with Gasteiger partial charge in [0.1, 0.15) is 0 Å². The summed E-state index contributed by atoms with van der Waals surface area (Å²) in [5, 5.41) is 0. The van der Waals surface area contributed by atoms with Crippen LogP contribution >= 0.6 is 15.9 Å². The molecule has 0 saturated carbocycles. The maximum Gasteiger partial charge on any atom is 0.187 e. The van der Waals surface area contributed by atoms with E-state index in [9.17, 15) is 4.79 Å². The van der Waals surface area contributed by atoms with E-state index in [1.165, 1.54) is 0 Å². The van der Waals surface area contributed by atoms with E-state index >= 15 is 0 Å². The van der Waals surface area contributed by atoms with Gasteiger partial charge < -0.3 is 4.90 Å². The van der Waals surface area contributed by atoms with Crippen molar-refractivity contribution in [2.45, 2.75) is 0 Å². The molecule has 0 saturated heterocycles. The highest BCUT2D eigenvalue weighted by Gasteiger charge is 2.00. The van der Waals surface area contributed by atoms with Gasteiger partial charge in [0.15, 0.2) is 5.78 Å². The fourth-order valence-electron chi connectivity index (χ4n) is 0.927. The smallest absolute Gasteiger partial charge is 0.187 e. The van der Waals surface area contributed by atoms with Crippen LogP contribution in [-0.2, 0) is 0 Å². The van der Waals surface area contributed by atoms with E-state index < -0.39 is 0 Å². The van der Waals surface area contributed by atoms with Gasteiger partial charge in [-0.25, -0.2) is 0 Å². The summed E-state index contributed by atoms with van der Waals surface area (Å²) in [6, 6.07) is 7.31. The number of allylic oxidation sites excluding steroid dienone is 1. The minimum Gasteiger partial charge on any atom is -0.383 e. The van der Waals surface area contributed by atoms with E-state index in [-0.39, 0.29) is 5.78 Å². The SMILES string of the molecule is CN(C)/C=C/C(=O)c1ccc(Br)cc1. The van der Waals surface area contributed by atoms with Crippen LogP contribution in [0.15, 0.2) is 41.0 Å². The Morgan fingerprint density at radius 1 is 1.29 bits per heavy atom. The van der Waals surface area contributed by atoms with Crippen LogP contribution in [0.2, 0.25) is 0 Å². The van der Waals surface area contributed by atoms with Gasteiger partial charge in [0.05, 0.1) is 0 Å². The van der Waals surface area contributed by atoms with Crippen molar-refractivity contribution < 1.29 is 4.79 Å². The molecule has 0 aliphatic carbocycles. The van der Waals surface area contributed by atoms with Crippen molar-refractivity contribution in [2.24, 2.45) is 0 Å². The van der Waals surface area contributed by atoms with Crippen molar-refractivity contribution in [3.05, 3.63) is 46.6 Å². The lowest BCUT2D eigenvalue weighted by molar-refractivity contribution is 0.104. The van der Waals surface area contributed by atoms with Crippen LogP contribution in [0, 0.1) is 0 Å². The second kappa shape index (κ2) is 4.96. The summed E-state index contributed by atoms with van der Waals surface area (Å²) in [5.41, 5.74) is 0.700. The first-order valence-corrected chi connectivity index (χ1v) is 5.03. The van der Waals surface area contributed by atoms with Crippen LogP contribution in [-0.4, -0.2) is 24.8 Å². The molecule has 0 aliphatic rings. The predicted molar refractivity (Wildman–Crippen MR) is 61.3 cm³/mol. The van der Waals surface area contributed by atoms with E-state index in [0.29, 0.717) is 5.56 Å². The Balaban J connectivity index is 2.75. The molecule has 0 spiro atoms. The lowest BCUT2D eigenvalue weighted by Crippen LogP contribution is -2.02. The van der Waals surface area contributed by atoms with Gasteiger partial charge in [0, 0.05) is 36.4 Å². The van der Waals surface area contributed by atoms with Gasteiger partial charge in [0.2, 0.25) is 0 Å². The number of hydrogen-bond acceptors (Lipinski definition) is 2. The number of ketones is 1. The summed E-state index contributed by atoms with van der Waals surface area (Å²) in [6.45, 7) is 0. The molecule has 74 valence electrons. The highest BCUT2D eigenvalue weighted by Crippen LogP contribution is 2.11. The van der Waals surface area contributed by atoms with Gasteiger partial charge in [-0.1, -0.05) is 15.9 Å². The monoisotopic (exact) mass is 253 g/mol. The van der Waals surface area contributed by atoms with E-state index in [1.807, 2.05) is 31.1 Å². The van der Waals surface area contributed by atoms with Crippen LogP contribution in [0.3, 0.4) is 0 Å². The van der Waals surface area contributed by atoms with E-state index in [2.05, 4.69) is 15.9 Å². The summed E-state index contributed by atoms with van der Waals surface area (Å²) in [5.74, 6) is 0.0196. The Kier molecular flexibility index (Phi) is 3.89. The molecule has 0 aliphatic heterocycles. The number of nitrogens with zero attached hydrogens (tertiary/aromatic N) is 1. The molecule has 0 bridgehead atoms. The van der Waals surface area contributed by atoms with Crippen LogP contribution in [0.25, 0.3) is 0 Å². The van der Waals surface area contributed by atoms with Crippen molar-refractivity contribution in [2.75, 3.05) is 14.1 Å². The maximum absolute atomic E-state index is 11.5. The third kappa shape index (κ3) is 3.34. The van der Waals surface area contributed by atoms with Crippen molar-refractivity contribution in [1.29, 1.82) is 0 Å². The number of carbonyl (C=O) groups is 1. The van der Waals surface area contributed by atoms with Crippen LogP contribution in [0.1, 0.15) is 10.4 Å². The van der Waals surface area contributed by atoms with Crippen LogP contribution in [0.5, 0.6) is 0 Å². The first-order chi connectivity index (χ1) is 6.59. The minimum atomic E-state index is 0.0196. The molecule has 2 nitrogen and oxygen atoms in total. The zero-order chi connectivity index (χ0) is 10.6. The molecule has 3 heteroatoms. The Bertz CT molecular complexity index is 341. The fraction of sp³-hybridized carbons (Fsp3) is 0.182. The van der Waals surface area contributed by atoms with Gasteiger partial charge >= 0.3 is 0 Å². The molecular formula is C11H12BrNO. The molecule has 14 heavy (non-hydrogen) atoms. The molecule has 0 N–H and O–H groups in total. The van der Waals surface area contributed by atoms with Gasteiger partial charge in [-0.2, -0.15) is 0 Å². The number of halogens is 1. The zero-order valence-electron chi connectivity index (χ0n) is 8.20. The first kappa shape index (κ1) is 11.0. The van der Waals surface area contributed by atoms with Crippen LogP contribution < -0.4 is 0 Å². The van der Waals surface area contributed by atoms with Gasteiger partial charge in [-0.3, -0.25) is 4.79 Å². The first-order valence-electron chi connectivity index (χ1n) is 4.24. The average molecular weight is 254 g/mol. The minimum absolute atomic E-state index is 0.0196. The summed E-state index contributed by atoms with van der Waals surface area (Å²) >= 11 is 3.32. The third-order valence-corrected chi connectivity index (χ3v) is 2.18. The Labute approximate surface area is 92.4 Å². The average Bonchev–Trinajstić information content (AvgIpc) is 2.15. The Morgan fingerprint density at radius 3 is 2.36 bits per heavy atom. The summed E-state index contributed by atoms with van der Waals surface area (Å²) < 4.78 is 0.977. The maximum atomic E-state index is 11.5.